The van der Waals surface area contributed by atoms with Crippen LogP contribution in [0.4, 0.5) is 16.3 Å². The summed E-state index contributed by atoms with van der Waals surface area (Å²) in [4.78, 5) is 21.0. The number of ether oxygens (including phenoxy) is 1. The zero-order valence-electron chi connectivity index (χ0n) is 16.1. The molecule has 0 atom stereocenters. The molecule has 2 amide bonds. The smallest absolute Gasteiger partial charge is 0.324 e. The zero-order chi connectivity index (χ0) is 19.7. The number of amides is 2. The maximum Gasteiger partial charge on any atom is 0.324 e. The molecule has 0 saturated carbocycles. The summed E-state index contributed by atoms with van der Waals surface area (Å²) in [5, 5.41) is 10.3. The summed E-state index contributed by atoms with van der Waals surface area (Å²) in [6.07, 6.45) is 4.77. The summed E-state index contributed by atoms with van der Waals surface area (Å²) in [5.74, 6) is 1.07. The lowest BCUT2D eigenvalue weighted by Crippen LogP contribution is -2.22. The van der Waals surface area contributed by atoms with Crippen LogP contribution < -0.4 is 10.6 Å². The van der Waals surface area contributed by atoms with Gasteiger partial charge >= 0.3 is 6.03 Å². The van der Waals surface area contributed by atoms with E-state index in [9.17, 15) is 4.79 Å². The molecule has 0 bridgehead atoms. The van der Waals surface area contributed by atoms with Crippen molar-refractivity contribution in [1.82, 2.24) is 19.7 Å². The van der Waals surface area contributed by atoms with Gasteiger partial charge in [0.2, 0.25) is 0 Å². The highest BCUT2D eigenvalue weighted by molar-refractivity contribution is 5.99. The lowest BCUT2D eigenvalue weighted by molar-refractivity contribution is 0.131. The average Bonchev–Trinajstić information content (AvgIpc) is 3.25. The maximum atomic E-state index is 12.6. The summed E-state index contributed by atoms with van der Waals surface area (Å²) >= 11 is 0. The summed E-state index contributed by atoms with van der Waals surface area (Å²) < 4.78 is 7.03. The van der Waals surface area contributed by atoms with E-state index in [1.54, 1.807) is 23.3 Å². The first-order valence-electron chi connectivity index (χ1n) is 9.05. The van der Waals surface area contributed by atoms with Crippen molar-refractivity contribution in [2.75, 3.05) is 10.6 Å². The van der Waals surface area contributed by atoms with Gasteiger partial charge in [0, 0.05) is 23.6 Å². The Bertz CT molecular complexity index is 990. The van der Waals surface area contributed by atoms with Gasteiger partial charge in [-0.15, -0.1) is 0 Å². The summed E-state index contributed by atoms with van der Waals surface area (Å²) in [5.41, 5.74) is 3.61. The molecule has 0 spiro atoms. The van der Waals surface area contributed by atoms with Crippen LogP contribution in [-0.4, -0.2) is 25.8 Å². The van der Waals surface area contributed by atoms with Gasteiger partial charge in [-0.1, -0.05) is 32.9 Å². The number of carbonyl (C=O) groups excluding carboxylic acids is 1. The third kappa shape index (κ3) is 3.59. The van der Waals surface area contributed by atoms with Crippen molar-refractivity contribution in [2.45, 2.75) is 39.4 Å². The highest BCUT2D eigenvalue weighted by Gasteiger charge is 2.25. The van der Waals surface area contributed by atoms with Crippen LogP contribution in [0.1, 0.15) is 37.6 Å². The number of hydrogen-bond donors (Lipinski definition) is 2. The van der Waals surface area contributed by atoms with Crippen molar-refractivity contribution in [3.63, 3.8) is 0 Å². The van der Waals surface area contributed by atoms with E-state index in [1.165, 1.54) is 5.56 Å². The number of nitrogens with zero attached hydrogens (tertiary/aromatic N) is 4. The molecule has 28 heavy (non-hydrogen) atoms. The number of nitrogens with one attached hydrogen (secondary N) is 2. The van der Waals surface area contributed by atoms with E-state index in [0.29, 0.717) is 30.5 Å². The number of hydrogen-bond acceptors (Lipinski definition) is 5. The van der Waals surface area contributed by atoms with Gasteiger partial charge in [0.1, 0.15) is 5.82 Å². The number of aromatic nitrogens is 4. The maximum absolute atomic E-state index is 12.6. The van der Waals surface area contributed by atoms with E-state index in [-0.39, 0.29) is 11.4 Å². The van der Waals surface area contributed by atoms with Gasteiger partial charge in [-0.2, -0.15) is 9.78 Å². The first kappa shape index (κ1) is 18.1. The van der Waals surface area contributed by atoms with Crippen molar-refractivity contribution < 1.29 is 9.53 Å². The highest BCUT2D eigenvalue weighted by atomic mass is 16.5. The van der Waals surface area contributed by atoms with Gasteiger partial charge in [0.15, 0.2) is 5.82 Å². The third-order valence-electron chi connectivity index (χ3n) is 4.56. The molecule has 2 aromatic heterocycles. The Morgan fingerprint density at radius 3 is 2.57 bits per heavy atom. The van der Waals surface area contributed by atoms with E-state index in [4.69, 9.17) is 4.74 Å². The Morgan fingerprint density at radius 2 is 1.89 bits per heavy atom. The first-order chi connectivity index (χ1) is 13.4. The second-order valence-corrected chi connectivity index (χ2v) is 7.65. The lowest BCUT2D eigenvalue weighted by atomic mass is 9.87. The number of fused-ring (bicyclic) bond motifs is 1. The minimum Gasteiger partial charge on any atom is -0.370 e. The number of carbonyl (C=O) groups is 1. The molecule has 4 rings (SSSR count). The van der Waals surface area contributed by atoms with Crippen molar-refractivity contribution in [2.24, 2.45) is 0 Å². The molecular formula is C20H22N6O2. The minimum atomic E-state index is -0.358. The Labute approximate surface area is 163 Å². The molecule has 0 saturated heterocycles. The molecule has 3 heterocycles. The summed E-state index contributed by atoms with van der Waals surface area (Å²) in [6, 6.07) is 7.47. The fourth-order valence-corrected chi connectivity index (χ4v) is 3.03. The fourth-order valence-electron chi connectivity index (χ4n) is 3.03. The van der Waals surface area contributed by atoms with Crippen LogP contribution in [0.2, 0.25) is 0 Å². The predicted molar refractivity (Wildman–Crippen MR) is 105 cm³/mol. The summed E-state index contributed by atoms with van der Waals surface area (Å²) in [7, 11) is 0. The van der Waals surface area contributed by atoms with E-state index < -0.39 is 0 Å². The van der Waals surface area contributed by atoms with Crippen LogP contribution in [0.15, 0.2) is 42.9 Å². The van der Waals surface area contributed by atoms with Crippen molar-refractivity contribution >= 4 is 17.5 Å². The van der Waals surface area contributed by atoms with Crippen molar-refractivity contribution in [3.05, 3.63) is 59.7 Å². The first-order valence-corrected chi connectivity index (χ1v) is 9.05. The van der Waals surface area contributed by atoms with Gasteiger partial charge in [-0.05, 0) is 23.1 Å². The largest absolute Gasteiger partial charge is 0.370 e. The van der Waals surface area contributed by atoms with Crippen molar-refractivity contribution in [3.8, 4) is 5.82 Å². The van der Waals surface area contributed by atoms with E-state index in [2.05, 4.69) is 46.5 Å². The van der Waals surface area contributed by atoms with Gasteiger partial charge < -0.3 is 10.1 Å². The standard InChI is InChI=1S/C20H22N6O2/c1-20(2,3)13-4-6-14(7-5-13)23-19(27)24-18-15-11-28-12-16(15)25-26(18)17-10-21-8-9-22-17/h4-10H,11-12H2,1-3H3,(H2,23,24,27). The van der Waals surface area contributed by atoms with Crippen LogP contribution in [0.3, 0.4) is 0 Å². The fraction of sp³-hybridized carbons (Fsp3) is 0.300. The minimum absolute atomic E-state index is 0.0601. The number of rotatable bonds is 3. The normalized spacial score (nSPS) is 13.2. The van der Waals surface area contributed by atoms with E-state index in [1.807, 2.05) is 24.3 Å². The number of benzene rings is 1. The van der Waals surface area contributed by atoms with Gasteiger partial charge in [-0.25, -0.2) is 9.78 Å². The van der Waals surface area contributed by atoms with Crippen LogP contribution in [0.5, 0.6) is 0 Å². The van der Waals surface area contributed by atoms with E-state index >= 15 is 0 Å². The molecule has 8 heteroatoms. The van der Waals surface area contributed by atoms with Crippen molar-refractivity contribution in [1.29, 1.82) is 0 Å². The van der Waals surface area contributed by atoms with Crippen LogP contribution in [0, 0.1) is 0 Å². The van der Waals surface area contributed by atoms with E-state index in [0.717, 1.165) is 11.3 Å². The predicted octanol–water partition coefficient (Wildman–Crippen LogP) is 3.63. The molecule has 8 nitrogen and oxygen atoms in total. The Morgan fingerprint density at radius 1 is 1.11 bits per heavy atom. The Hall–Kier alpha value is -3.26. The number of urea groups is 1. The molecular weight excluding hydrogens is 356 g/mol. The quantitative estimate of drug-likeness (QED) is 0.726. The highest BCUT2D eigenvalue weighted by Crippen LogP contribution is 2.29. The third-order valence-corrected chi connectivity index (χ3v) is 4.56. The molecule has 1 aliphatic rings. The Balaban J connectivity index is 1.55. The van der Waals surface area contributed by atoms with Gasteiger partial charge in [-0.3, -0.25) is 10.3 Å². The van der Waals surface area contributed by atoms with Gasteiger partial charge in [0.25, 0.3) is 0 Å². The Kier molecular flexibility index (Phi) is 4.56. The monoisotopic (exact) mass is 378 g/mol. The van der Waals surface area contributed by atoms with Gasteiger partial charge in [0.05, 0.1) is 25.1 Å². The molecule has 2 N–H and O–H groups in total. The molecule has 0 unspecified atom stereocenters. The van der Waals surface area contributed by atoms with Crippen LogP contribution >= 0.6 is 0 Å². The molecule has 1 aliphatic heterocycles. The SMILES string of the molecule is CC(C)(C)c1ccc(NC(=O)Nc2c3c(nn2-c2cnccn2)COC3)cc1. The van der Waals surface area contributed by atoms with Crippen LogP contribution in [-0.2, 0) is 23.4 Å². The van der Waals surface area contributed by atoms with Crippen LogP contribution in [0.25, 0.3) is 5.82 Å². The molecule has 0 aliphatic carbocycles. The topological polar surface area (TPSA) is 94.0 Å². The molecule has 0 radical (unpaired) electrons. The second kappa shape index (κ2) is 7.05. The summed E-state index contributed by atoms with van der Waals surface area (Å²) in [6.45, 7) is 7.26. The molecule has 1 aromatic carbocycles. The average molecular weight is 378 g/mol. The lowest BCUT2D eigenvalue weighted by Gasteiger charge is -2.19. The second-order valence-electron chi connectivity index (χ2n) is 7.65. The number of anilines is 2. The zero-order valence-corrected chi connectivity index (χ0v) is 16.1. The molecule has 144 valence electrons. The molecule has 3 aromatic rings. The molecule has 0 fully saturated rings.